The van der Waals surface area contributed by atoms with Crippen molar-refractivity contribution in [3.8, 4) is 0 Å². The third kappa shape index (κ3) is 2.00. The Hall–Kier alpha value is -2.20. The van der Waals surface area contributed by atoms with Crippen LogP contribution in [0.2, 0.25) is 0 Å². The van der Waals surface area contributed by atoms with Crippen molar-refractivity contribution in [2.75, 3.05) is 0 Å². The lowest BCUT2D eigenvalue weighted by Crippen LogP contribution is -2.13. The molecule has 1 aromatic heterocycles. The Morgan fingerprint density at radius 1 is 1.00 bits per heavy atom. The number of halogens is 2. The van der Waals surface area contributed by atoms with Crippen LogP contribution in [0, 0.1) is 11.6 Å². The van der Waals surface area contributed by atoms with Crippen LogP contribution in [0.4, 0.5) is 8.78 Å². The zero-order valence-corrected chi connectivity index (χ0v) is 9.94. The van der Waals surface area contributed by atoms with E-state index >= 15 is 0 Å². The molecule has 4 heteroatoms. The zero-order chi connectivity index (χ0) is 13.4. The van der Waals surface area contributed by atoms with Crippen molar-refractivity contribution in [2.45, 2.75) is 6.04 Å². The molecule has 0 saturated heterocycles. The van der Waals surface area contributed by atoms with Gasteiger partial charge in [0.25, 0.3) is 0 Å². The second kappa shape index (κ2) is 4.48. The maximum atomic E-state index is 13.7. The van der Waals surface area contributed by atoms with Gasteiger partial charge in [-0.2, -0.15) is 0 Å². The summed E-state index contributed by atoms with van der Waals surface area (Å²) in [6.07, 6.45) is 1.49. The van der Waals surface area contributed by atoms with Crippen LogP contribution >= 0.6 is 0 Å². The van der Waals surface area contributed by atoms with Crippen LogP contribution in [0.15, 0.2) is 53.1 Å². The standard InChI is InChI=1S/C15H11F2NO/c16-9-5-6-13(17)11(7-9)15(18)12-8-19-14-4-2-1-3-10(12)14/h1-8,15H,18H2. The van der Waals surface area contributed by atoms with Gasteiger partial charge >= 0.3 is 0 Å². The van der Waals surface area contributed by atoms with Crippen LogP contribution in [-0.4, -0.2) is 0 Å². The van der Waals surface area contributed by atoms with Crippen LogP contribution < -0.4 is 5.73 Å². The molecule has 96 valence electrons. The van der Waals surface area contributed by atoms with Crippen molar-refractivity contribution in [3.63, 3.8) is 0 Å². The number of hydrogen-bond donors (Lipinski definition) is 1. The molecule has 19 heavy (non-hydrogen) atoms. The molecule has 0 amide bonds. The number of para-hydroxylation sites is 1. The predicted molar refractivity (Wildman–Crippen MR) is 68.6 cm³/mol. The summed E-state index contributed by atoms with van der Waals surface area (Å²) < 4.78 is 32.3. The molecule has 2 aromatic carbocycles. The third-order valence-electron chi connectivity index (χ3n) is 3.14. The summed E-state index contributed by atoms with van der Waals surface area (Å²) in [4.78, 5) is 0. The third-order valence-corrected chi connectivity index (χ3v) is 3.14. The largest absolute Gasteiger partial charge is 0.464 e. The Labute approximate surface area is 108 Å². The molecule has 0 aliphatic rings. The molecule has 1 atom stereocenters. The van der Waals surface area contributed by atoms with E-state index in [-0.39, 0.29) is 5.56 Å². The highest BCUT2D eigenvalue weighted by atomic mass is 19.1. The molecule has 1 unspecified atom stereocenters. The Balaban J connectivity index is 2.13. The molecule has 0 fully saturated rings. The molecule has 3 aromatic rings. The summed E-state index contributed by atoms with van der Waals surface area (Å²) in [7, 11) is 0. The van der Waals surface area contributed by atoms with Gasteiger partial charge in [-0.25, -0.2) is 8.78 Å². The SMILES string of the molecule is NC(c1cc(F)ccc1F)c1coc2ccccc12. The highest BCUT2D eigenvalue weighted by Gasteiger charge is 2.18. The van der Waals surface area contributed by atoms with Gasteiger partial charge in [0.05, 0.1) is 12.3 Å². The molecule has 0 bridgehead atoms. The van der Waals surface area contributed by atoms with Gasteiger partial charge in [0.15, 0.2) is 0 Å². The number of benzene rings is 2. The minimum atomic E-state index is -0.764. The minimum absolute atomic E-state index is 0.117. The van der Waals surface area contributed by atoms with E-state index in [1.54, 1.807) is 6.07 Å². The summed E-state index contributed by atoms with van der Waals surface area (Å²) in [6.45, 7) is 0. The summed E-state index contributed by atoms with van der Waals surface area (Å²) in [5, 5.41) is 0.804. The normalized spacial score (nSPS) is 12.8. The lowest BCUT2D eigenvalue weighted by molar-refractivity contribution is 0.572. The molecule has 2 nitrogen and oxygen atoms in total. The van der Waals surface area contributed by atoms with Gasteiger partial charge in [-0.1, -0.05) is 18.2 Å². The van der Waals surface area contributed by atoms with Crippen molar-refractivity contribution in [1.82, 2.24) is 0 Å². The van der Waals surface area contributed by atoms with Crippen LogP contribution in [0.25, 0.3) is 11.0 Å². The van der Waals surface area contributed by atoms with Gasteiger partial charge in [-0.3, -0.25) is 0 Å². The maximum Gasteiger partial charge on any atom is 0.134 e. The number of nitrogens with two attached hydrogens (primary N) is 1. The van der Waals surface area contributed by atoms with E-state index in [4.69, 9.17) is 10.2 Å². The van der Waals surface area contributed by atoms with Gasteiger partial charge in [-0.05, 0) is 24.3 Å². The molecule has 0 aliphatic carbocycles. The van der Waals surface area contributed by atoms with E-state index in [9.17, 15) is 8.78 Å². The lowest BCUT2D eigenvalue weighted by Gasteiger charge is -2.11. The lowest BCUT2D eigenvalue weighted by atomic mass is 9.98. The highest BCUT2D eigenvalue weighted by Crippen LogP contribution is 2.30. The number of fused-ring (bicyclic) bond motifs is 1. The molecular formula is C15H11F2NO. The van der Waals surface area contributed by atoms with Crippen molar-refractivity contribution >= 4 is 11.0 Å². The van der Waals surface area contributed by atoms with Crippen molar-refractivity contribution < 1.29 is 13.2 Å². The number of furan rings is 1. The molecule has 2 N–H and O–H groups in total. The molecule has 1 heterocycles. The van der Waals surface area contributed by atoms with E-state index in [2.05, 4.69) is 0 Å². The quantitative estimate of drug-likeness (QED) is 0.761. The van der Waals surface area contributed by atoms with Gasteiger partial charge < -0.3 is 10.2 Å². The predicted octanol–water partition coefficient (Wildman–Crippen LogP) is 3.76. The minimum Gasteiger partial charge on any atom is -0.464 e. The van der Waals surface area contributed by atoms with Gasteiger partial charge in [-0.15, -0.1) is 0 Å². The fourth-order valence-electron chi connectivity index (χ4n) is 2.16. The second-order valence-corrected chi connectivity index (χ2v) is 4.33. The smallest absolute Gasteiger partial charge is 0.134 e. The first kappa shape index (κ1) is 11.9. The van der Waals surface area contributed by atoms with Gasteiger partial charge in [0, 0.05) is 16.5 Å². The topological polar surface area (TPSA) is 39.2 Å². The monoisotopic (exact) mass is 259 g/mol. The Morgan fingerprint density at radius 3 is 2.63 bits per heavy atom. The molecule has 0 aliphatic heterocycles. The maximum absolute atomic E-state index is 13.7. The van der Waals surface area contributed by atoms with E-state index < -0.39 is 17.7 Å². The Kier molecular flexibility index (Phi) is 2.80. The average Bonchev–Trinajstić information content (AvgIpc) is 2.84. The van der Waals surface area contributed by atoms with Crippen LogP contribution in [0.1, 0.15) is 17.2 Å². The Bertz CT molecular complexity index is 736. The summed E-state index contributed by atoms with van der Waals surface area (Å²) >= 11 is 0. The first-order chi connectivity index (χ1) is 9.16. The second-order valence-electron chi connectivity index (χ2n) is 4.33. The van der Waals surface area contributed by atoms with Crippen molar-refractivity contribution in [1.29, 1.82) is 0 Å². The van der Waals surface area contributed by atoms with Gasteiger partial charge in [0.2, 0.25) is 0 Å². The van der Waals surface area contributed by atoms with E-state index in [0.29, 0.717) is 11.1 Å². The Morgan fingerprint density at radius 2 is 1.79 bits per heavy atom. The number of rotatable bonds is 2. The molecule has 0 saturated carbocycles. The van der Waals surface area contributed by atoms with Crippen molar-refractivity contribution in [3.05, 3.63) is 71.5 Å². The fourth-order valence-corrected chi connectivity index (χ4v) is 2.16. The summed E-state index contributed by atoms with van der Waals surface area (Å²) in [5.41, 5.74) is 7.46. The van der Waals surface area contributed by atoms with E-state index in [0.717, 1.165) is 23.6 Å². The molecule has 3 rings (SSSR count). The van der Waals surface area contributed by atoms with E-state index in [1.807, 2.05) is 18.2 Å². The van der Waals surface area contributed by atoms with Crippen LogP contribution in [-0.2, 0) is 0 Å². The fraction of sp³-hybridized carbons (Fsp3) is 0.0667. The zero-order valence-electron chi connectivity index (χ0n) is 9.94. The summed E-state index contributed by atoms with van der Waals surface area (Å²) in [5.74, 6) is -1.04. The molecule has 0 radical (unpaired) electrons. The first-order valence-corrected chi connectivity index (χ1v) is 5.83. The highest BCUT2D eigenvalue weighted by molar-refractivity contribution is 5.81. The molecular weight excluding hydrogens is 248 g/mol. The average molecular weight is 259 g/mol. The number of hydrogen-bond acceptors (Lipinski definition) is 2. The van der Waals surface area contributed by atoms with E-state index in [1.165, 1.54) is 6.26 Å². The molecule has 0 spiro atoms. The summed E-state index contributed by atoms with van der Waals surface area (Å²) in [6, 6.07) is 9.81. The van der Waals surface area contributed by atoms with Crippen LogP contribution in [0.5, 0.6) is 0 Å². The van der Waals surface area contributed by atoms with Gasteiger partial charge in [0.1, 0.15) is 17.2 Å². The van der Waals surface area contributed by atoms with Crippen LogP contribution in [0.3, 0.4) is 0 Å². The first-order valence-electron chi connectivity index (χ1n) is 5.83. The van der Waals surface area contributed by atoms with Crippen molar-refractivity contribution in [2.24, 2.45) is 5.73 Å².